The van der Waals surface area contributed by atoms with Gasteiger partial charge in [0.1, 0.15) is 5.82 Å². The fourth-order valence-corrected chi connectivity index (χ4v) is 2.40. The van der Waals surface area contributed by atoms with Crippen molar-refractivity contribution in [3.8, 4) is 0 Å². The Kier molecular flexibility index (Phi) is 5.53. The number of ether oxygens (including phenoxy) is 1. The van der Waals surface area contributed by atoms with Gasteiger partial charge in [-0.1, -0.05) is 23.8 Å². The van der Waals surface area contributed by atoms with E-state index in [0.29, 0.717) is 0 Å². The van der Waals surface area contributed by atoms with Crippen LogP contribution in [0.25, 0.3) is 0 Å². The van der Waals surface area contributed by atoms with Crippen LogP contribution in [0.15, 0.2) is 24.4 Å². The number of rotatable bonds is 7. The van der Waals surface area contributed by atoms with Gasteiger partial charge in [0.2, 0.25) is 0 Å². The van der Waals surface area contributed by atoms with E-state index in [2.05, 4.69) is 53.8 Å². The van der Waals surface area contributed by atoms with Crippen LogP contribution in [0.3, 0.4) is 0 Å². The van der Waals surface area contributed by atoms with Crippen LogP contribution < -0.4 is 5.32 Å². The molecule has 0 saturated carbocycles. The van der Waals surface area contributed by atoms with Crippen molar-refractivity contribution < 1.29 is 4.74 Å². The van der Waals surface area contributed by atoms with Crippen molar-refractivity contribution in [2.45, 2.75) is 33.9 Å². The number of methoxy groups -OCH3 is 1. The number of hydrogen-bond donors (Lipinski definition) is 1. The second-order valence-corrected chi connectivity index (χ2v) is 5.48. The molecule has 21 heavy (non-hydrogen) atoms. The van der Waals surface area contributed by atoms with E-state index in [1.807, 2.05) is 6.20 Å². The van der Waals surface area contributed by atoms with Gasteiger partial charge in [0.25, 0.3) is 0 Å². The number of nitrogens with one attached hydrogen (secondary N) is 1. The lowest BCUT2D eigenvalue weighted by molar-refractivity contribution is 0.199. The topological polar surface area (TPSA) is 39.1 Å². The lowest BCUT2D eigenvalue weighted by atomic mass is 10.1. The predicted molar refractivity (Wildman–Crippen MR) is 85.6 cm³/mol. The van der Waals surface area contributed by atoms with Gasteiger partial charge in [0.05, 0.1) is 12.3 Å². The highest BCUT2D eigenvalue weighted by atomic mass is 16.5. The summed E-state index contributed by atoms with van der Waals surface area (Å²) in [5.74, 6) is 1.06. The largest absolute Gasteiger partial charge is 0.383 e. The van der Waals surface area contributed by atoms with Gasteiger partial charge in [-0.25, -0.2) is 4.98 Å². The van der Waals surface area contributed by atoms with Crippen molar-refractivity contribution >= 4 is 0 Å². The van der Waals surface area contributed by atoms with Gasteiger partial charge in [-0.3, -0.25) is 0 Å². The van der Waals surface area contributed by atoms with E-state index in [1.165, 1.54) is 22.4 Å². The summed E-state index contributed by atoms with van der Waals surface area (Å²) in [5, 5.41) is 3.38. The molecular formula is C17H25N3O. The number of nitrogens with zero attached hydrogens (tertiary/aromatic N) is 2. The van der Waals surface area contributed by atoms with E-state index in [1.54, 1.807) is 7.11 Å². The third kappa shape index (κ3) is 4.16. The smallest absolute Gasteiger partial charge is 0.106 e. The van der Waals surface area contributed by atoms with E-state index in [9.17, 15) is 0 Å². The Labute approximate surface area is 127 Å². The average Bonchev–Trinajstić information content (AvgIpc) is 2.80. The molecule has 0 bridgehead atoms. The van der Waals surface area contributed by atoms with Gasteiger partial charge in [-0.2, -0.15) is 0 Å². The minimum atomic E-state index is 0.726. The van der Waals surface area contributed by atoms with E-state index >= 15 is 0 Å². The van der Waals surface area contributed by atoms with Crippen LogP contribution in [-0.2, 0) is 17.8 Å². The third-order valence-corrected chi connectivity index (χ3v) is 3.76. The summed E-state index contributed by atoms with van der Waals surface area (Å²) in [4.78, 5) is 4.46. The summed E-state index contributed by atoms with van der Waals surface area (Å²) < 4.78 is 7.33. The SMILES string of the molecule is COCCNCc1cnc(C)n1Cc1cc(C)ccc1C. The second kappa shape index (κ2) is 7.38. The molecule has 0 radical (unpaired) electrons. The molecule has 0 saturated heterocycles. The molecule has 4 heteroatoms. The Morgan fingerprint density at radius 1 is 1.24 bits per heavy atom. The molecule has 4 nitrogen and oxygen atoms in total. The first-order valence-electron chi connectivity index (χ1n) is 7.38. The molecule has 0 amide bonds. The van der Waals surface area contributed by atoms with Crippen molar-refractivity contribution in [3.63, 3.8) is 0 Å². The fourth-order valence-electron chi connectivity index (χ4n) is 2.40. The Hall–Kier alpha value is -1.65. The van der Waals surface area contributed by atoms with Crippen molar-refractivity contribution in [1.82, 2.24) is 14.9 Å². The number of aromatic nitrogens is 2. The maximum Gasteiger partial charge on any atom is 0.106 e. The minimum Gasteiger partial charge on any atom is -0.383 e. The molecule has 114 valence electrons. The Balaban J connectivity index is 2.12. The van der Waals surface area contributed by atoms with Crippen LogP contribution in [0.1, 0.15) is 28.2 Å². The van der Waals surface area contributed by atoms with Crippen molar-refractivity contribution in [2.24, 2.45) is 0 Å². The van der Waals surface area contributed by atoms with Crippen molar-refractivity contribution in [3.05, 3.63) is 52.6 Å². The molecule has 0 aliphatic carbocycles. The first-order chi connectivity index (χ1) is 10.1. The van der Waals surface area contributed by atoms with E-state index < -0.39 is 0 Å². The number of benzene rings is 1. The lowest BCUT2D eigenvalue weighted by Crippen LogP contribution is -2.21. The summed E-state index contributed by atoms with van der Waals surface area (Å²) in [5.41, 5.74) is 5.19. The molecule has 0 spiro atoms. The monoisotopic (exact) mass is 287 g/mol. The van der Waals surface area contributed by atoms with Crippen molar-refractivity contribution in [1.29, 1.82) is 0 Å². The minimum absolute atomic E-state index is 0.726. The molecule has 1 aromatic carbocycles. The Morgan fingerprint density at radius 2 is 2.05 bits per heavy atom. The predicted octanol–water partition coefficient (Wildman–Crippen LogP) is 2.59. The highest BCUT2D eigenvalue weighted by Gasteiger charge is 2.08. The number of hydrogen-bond acceptors (Lipinski definition) is 3. The molecule has 1 heterocycles. The maximum atomic E-state index is 5.05. The van der Waals surface area contributed by atoms with E-state index in [0.717, 1.165) is 32.1 Å². The zero-order valence-corrected chi connectivity index (χ0v) is 13.4. The molecular weight excluding hydrogens is 262 g/mol. The van der Waals surface area contributed by atoms with E-state index in [-0.39, 0.29) is 0 Å². The normalized spacial score (nSPS) is 11.0. The molecule has 2 rings (SSSR count). The van der Waals surface area contributed by atoms with Crippen LogP contribution in [0.4, 0.5) is 0 Å². The first kappa shape index (κ1) is 15.7. The third-order valence-electron chi connectivity index (χ3n) is 3.76. The highest BCUT2D eigenvalue weighted by molar-refractivity contribution is 5.31. The van der Waals surface area contributed by atoms with Crippen LogP contribution in [0.5, 0.6) is 0 Å². The number of aryl methyl sites for hydroxylation is 3. The molecule has 0 unspecified atom stereocenters. The highest BCUT2D eigenvalue weighted by Crippen LogP contribution is 2.15. The maximum absolute atomic E-state index is 5.05. The molecule has 0 aliphatic rings. The second-order valence-electron chi connectivity index (χ2n) is 5.48. The quantitative estimate of drug-likeness (QED) is 0.796. The molecule has 1 aromatic heterocycles. The lowest BCUT2D eigenvalue weighted by Gasteiger charge is -2.13. The summed E-state index contributed by atoms with van der Waals surface area (Å²) in [7, 11) is 1.72. The number of imidazole rings is 1. The fraction of sp³-hybridized carbons (Fsp3) is 0.471. The van der Waals surface area contributed by atoms with Crippen LogP contribution >= 0.6 is 0 Å². The Morgan fingerprint density at radius 3 is 2.81 bits per heavy atom. The summed E-state index contributed by atoms with van der Waals surface area (Å²) in [6.07, 6.45) is 1.96. The molecule has 2 aromatic rings. The van der Waals surface area contributed by atoms with Crippen molar-refractivity contribution in [2.75, 3.05) is 20.3 Å². The standard InChI is InChI=1S/C17H25N3O/c1-13-5-6-14(2)16(9-13)12-20-15(3)19-11-17(20)10-18-7-8-21-4/h5-6,9,11,18H,7-8,10,12H2,1-4H3. The zero-order valence-electron chi connectivity index (χ0n) is 13.4. The van der Waals surface area contributed by atoms with Gasteiger partial charge in [0.15, 0.2) is 0 Å². The molecule has 0 aliphatic heterocycles. The van der Waals surface area contributed by atoms with Crippen LogP contribution in [-0.4, -0.2) is 29.8 Å². The average molecular weight is 287 g/mol. The zero-order chi connectivity index (χ0) is 15.2. The van der Waals surface area contributed by atoms with Gasteiger partial charge >= 0.3 is 0 Å². The van der Waals surface area contributed by atoms with Gasteiger partial charge < -0.3 is 14.6 Å². The Bertz CT molecular complexity index is 590. The van der Waals surface area contributed by atoms with Crippen LogP contribution in [0.2, 0.25) is 0 Å². The van der Waals surface area contributed by atoms with Crippen LogP contribution in [0, 0.1) is 20.8 Å². The summed E-state index contributed by atoms with van der Waals surface area (Å²) >= 11 is 0. The molecule has 0 fully saturated rings. The summed E-state index contributed by atoms with van der Waals surface area (Å²) in [6.45, 7) is 9.63. The van der Waals surface area contributed by atoms with Gasteiger partial charge in [-0.15, -0.1) is 0 Å². The summed E-state index contributed by atoms with van der Waals surface area (Å²) in [6, 6.07) is 6.61. The molecule has 1 N–H and O–H groups in total. The van der Waals surface area contributed by atoms with Gasteiger partial charge in [0, 0.05) is 32.9 Å². The first-order valence-corrected chi connectivity index (χ1v) is 7.38. The van der Waals surface area contributed by atoms with E-state index in [4.69, 9.17) is 4.74 Å². The van der Waals surface area contributed by atoms with Gasteiger partial charge in [-0.05, 0) is 31.9 Å². The molecule has 0 atom stereocenters.